The zero-order valence-electron chi connectivity index (χ0n) is 15.6. The minimum Gasteiger partial charge on any atom is -0.354 e. The summed E-state index contributed by atoms with van der Waals surface area (Å²) < 4.78 is 30.1. The Morgan fingerprint density at radius 1 is 1.30 bits per heavy atom. The summed E-state index contributed by atoms with van der Waals surface area (Å²) in [5, 5.41) is 8.02. The lowest BCUT2D eigenvalue weighted by Crippen LogP contribution is -2.30. The molecule has 0 saturated carbocycles. The van der Waals surface area contributed by atoms with E-state index >= 15 is 0 Å². The van der Waals surface area contributed by atoms with Crippen LogP contribution in [0, 0.1) is 0 Å². The number of nitrogens with one attached hydrogen (secondary N) is 3. The van der Waals surface area contributed by atoms with Gasteiger partial charge in [0.2, 0.25) is 0 Å². The number of guanidine groups is 1. The van der Waals surface area contributed by atoms with E-state index in [1.54, 1.807) is 17.6 Å². The normalized spacial score (nSPS) is 16.8. The molecule has 0 radical (unpaired) electrons. The van der Waals surface area contributed by atoms with E-state index in [-0.39, 0.29) is 22.6 Å². The second-order valence-electron chi connectivity index (χ2n) is 6.71. The van der Waals surface area contributed by atoms with Gasteiger partial charge in [0.25, 0.3) is 10.0 Å². The fraction of sp³-hybridized carbons (Fsp3) is 0.222. The van der Waals surface area contributed by atoms with Crippen LogP contribution in [0.5, 0.6) is 0 Å². The monoisotopic (exact) mass is 484 g/mol. The quantitative estimate of drug-likeness (QED) is 0.528. The Kier molecular flexibility index (Phi) is 5.67. The molecule has 0 spiro atoms. The summed E-state index contributed by atoms with van der Waals surface area (Å²) in [4.78, 5) is 8.95. The smallest absolute Gasteiger partial charge is 0.281 e. The van der Waals surface area contributed by atoms with E-state index in [4.69, 9.17) is 11.6 Å². The first-order valence-electron chi connectivity index (χ1n) is 9.02. The predicted molar refractivity (Wildman–Crippen MR) is 122 cm³/mol. The van der Waals surface area contributed by atoms with Crippen LogP contribution in [0.1, 0.15) is 17.5 Å². The van der Waals surface area contributed by atoms with E-state index in [1.165, 1.54) is 21.3 Å². The Labute approximate surface area is 188 Å². The molecule has 0 saturated heterocycles. The van der Waals surface area contributed by atoms with E-state index in [1.807, 2.05) is 18.3 Å². The highest BCUT2D eigenvalue weighted by Gasteiger charge is 2.26. The van der Waals surface area contributed by atoms with Gasteiger partial charge < -0.3 is 10.6 Å². The number of imidazole rings is 1. The van der Waals surface area contributed by atoms with Gasteiger partial charge in [-0.3, -0.25) is 14.1 Å². The number of fused-ring (bicyclic) bond motifs is 2. The number of rotatable bonds is 4. The molecular weight excluding hydrogens is 467 g/mol. The fourth-order valence-electron chi connectivity index (χ4n) is 3.54. The van der Waals surface area contributed by atoms with Crippen LogP contribution < -0.4 is 15.4 Å². The lowest BCUT2D eigenvalue weighted by molar-refractivity contribution is 0.596. The average molecular weight is 485 g/mol. The Morgan fingerprint density at radius 3 is 2.97 bits per heavy atom. The highest BCUT2D eigenvalue weighted by Crippen LogP contribution is 2.34. The van der Waals surface area contributed by atoms with Gasteiger partial charge in [-0.2, -0.15) is 8.42 Å². The summed E-state index contributed by atoms with van der Waals surface area (Å²) >= 11 is 7.42. The summed E-state index contributed by atoms with van der Waals surface area (Å²) in [7, 11) is -3.90. The number of benzene rings is 1. The minimum atomic E-state index is -3.90. The Balaban J connectivity index is 0.00000218. The molecule has 2 aromatic heterocycles. The second kappa shape index (κ2) is 8.10. The molecule has 1 aliphatic heterocycles. The molecule has 8 nitrogen and oxygen atoms in total. The lowest BCUT2D eigenvalue weighted by atomic mass is 10.1. The van der Waals surface area contributed by atoms with Gasteiger partial charge >= 0.3 is 0 Å². The number of aromatic nitrogens is 2. The number of nitrogens with zero attached hydrogens (tertiary/aromatic N) is 3. The number of sulfonamides is 1. The Morgan fingerprint density at radius 2 is 2.17 bits per heavy atom. The number of allylic oxidation sites excluding steroid dienone is 1. The number of anilines is 1. The van der Waals surface area contributed by atoms with Crippen molar-refractivity contribution in [1.29, 1.82) is 0 Å². The van der Waals surface area contributed by atoms with Gasteiger partial charge in [-0.1, -0.05) is 17.7 Å². The van der Waals surface area contributed by atoms with Crippen LogP contribution in [0.15, 0.2) is 46.0 Å². The van der Waals surface area contributed by atoms with Gasteiger partial charge in [0.15, 0.2) is 21.1 Å². The van der Waals surface area contributed by atoms with Crippen LogP contribution in [0.3, 0.4) is 0 Å². The third-order valence-electron chi connectivity index (χ3n) is 4.86. The first-order chi connectivity index (χ1) is 14.0. The van der Waals surface area contributed by atoms with E-state index in [2.05, 4.69) is 25.3 Å². The molecule has 1 aliphatic carbocycles. The van der Waals surface area contributed by atoms with Crippen LogP contribution in [-0.4, -0.2) is 36.9 Å². The van der Waals surface area contributed by atoms with Crippen molar-refractivity contribution in [2.45, 2.75) is 17.9 Å². The summed E-state index contributed by atoms with van der Waals surface area (Å²) in [6.07, 6.45) is 5.38. The summed E-state index contributed by atoms with van der Waals surface area (Å²) in [6, 6.07) is 5.59. The zero-order chi connectivity index (χ0) is 20.0. The summed E-state index contributed by atoms with van der Waals surface area (Å²) in [5.41, 5.74) is 3.80. The second-order valence-corrected chi connectivity index (χ2v) is 9.54. The standard InChI is InChI=1S/C18H17ClN6O2S2.ClH/c19-15-16(25-7-8-28-18(25)23-15)29(26,27)24-13-4-3-11-1-2-12(14(11)9-13)10-22-17-20-5-6-21-17;/h3-4,7-10,24H,1-2,5-6H2,(H2,20,21,22);1H/b12-10-;. The predicted octanol–water partition coefficient (Wildman–Crippen LogP) is 3.11. The van der Waals surface area contributed by atoms with Crippen molar-refractivity contribution in [1.82, 2.24) is 20.0 Å². The first-order valence-corrected chi connectivity index (χ1v) is 11.8. The van der Waals surface area contributed by atoms with Crippen molar-refractivity contribution >= 4 is 67.5 Å². The summed E-state index contributed by atoms with van der Waals surface area (Å²) in [6.45, 7) is 1.60. The third kappa shape index (κ3) is 3.76. The van der Waals surface area contributed by atoms with E-state index in [0.29, 0.717) is 10.6 Å². The molecule has 2 aliphatic rings. The van der Waals surface area contributed by atoms with Crippen molar-refractivity contribution in [3.8, 4) is 0 Å². The van der Waals surface area contributed by atoms with Crippen molar-refractivity contribution in [2.75, 3.05) is 17.8 Å². The van der Waals surface area contributed by atoms with Gasteiger partial charge in [-0.05, 0) is 41.7 Å². The van der Waals surface area contributed by atoms with Crippen LogP contribution in [-0.2, 0) is 16.4 Å². The molecule has 3 heterocycles. The summed E-state index contributed by atoms with van der Waals surface area (Å²) in [5.74, 6) is 0.762. The lowest BCUT2D eigenvalue weighted by Gasteiger charge is -2.10. The minimum absolute atomic E-state index is 0. The number of thiazole rings is 1. The van der Waals surface area contributed by atoms with Gasteiger partial charge in [0, 0.05) is 30.0 Å². The number of aliphatic imine (C=N–C) groups is 1. The molecule has 30 heavy (non-hydrogen) atoms. The highest BCUT2D eigenvalue weighted by atomic mass is 35.5. The molecule has 12 heteroatoms. The number of hydrogen-bond donors (Lipinski definition) is 3. The van der Waals surface area contributed by atoms with E-state index in [0.717, 1.165) is 43.0 Å². The van der Waals surface area contributed by atoms with Crippen LogP contribution >= 0.6 is 35.3 Å². The van der Waals surface area contributed by atoms with E-state index < -0.39 is 10.0 Å². The molecule has 1 aromatic carbocycles. The first kappa shape index (κ1) is 21.0. The van der Waals surface area contributed by atoms with Crippen LogP contribution in [0.25, 0.3) is 10.5 Å². The molecule has 0 bridgehead atoms. The van der Waals surface area contributed by atoms with Gasteiger partial charge in [-0.25, -0.2) is 4.98 Å². The molecule has 0 unspecified atom stereocenters. The Bertz CT molecular complexity index is 1280. The highest BCUT2D eigenvalue weighted by molar-refractivity contribution is 7.92. The maximum atomic E-state index is 13.0. The van der Waals surface area contributed by atoms with Gasteiger partial charge in [-0.15, -0.1) is 23.7 Å². The fourth-order valence-corrected chi connectivity index (χ4v) is 6.05. The molecule has 158 valence electrons. The van der Waals surface area contributed by atoms with Crippen LogP contribution in [0.2, 0.25) is 5.15 Å². The molecule has 0 atom stereocenters. The number of halogens is 2. The molecule has 0 fully saturated rings. The van der Waals surface area contributed by atoms with Gasteiger partial charge in [0.05, 0.1) is 6.54 Å². The Hall–Kier alpha value is -2.27. The molecular formula is C18H18Cl2N6O2S2. The van der Waals surface area contributed by atoms with Crippen molar-refractivity contribution in [3.63, 3.8) is 0 Å². The zero-order valence-corrected chi connectivity index (χ0v) is 18.8. The SMILES string of the molecule is Cl.O=S(=O)(Nc1ccc2c(c1)/C(=C\NC1=NCCN1)CC2)c1c(Cl)nc2sccn12. The van der Waals surface area contributed by atoms with Crippen molar-refractivity contribution in [3.05, 3.63) is 52.3 Å². The maximum Gasteiger partial charge on any atom is 0.281 e. The maximum absolute atomic E-state index is 13.0. The molecule has 0 amide bonds. The third-order valence-corrected chi connectivity index (χ3v) is 7.40. The number of aryl methyl sites for hydroxylation is 1. The number of hydrogen-bond acceptors (Lipinski definition) is 7. The van der Waals surface area contributed by atoms with E-state index in [9.17, 15) is 8.42 Å². The topological polar surface area (TPSA) is 99.9 Å². The molecule has 5 rings (SSSR count). The van der Waals surface area contributed by atoms with Crippen molar-refractivity contribution < 1.29 is 8.42 Å². The van der Waals surface area contributed by atoms with Crippen molar-refractivity contribution in [2.24, 2.45) is 4.99 Å². The molecule has 3 aromatic rings. The largest absolute Gasteiger partial charge is 0.354 e. The van der Waals surface area contributed by atoms with Gasteiger partial charge in [0.1, 0.15) is 0 Å². The molecule has 3 N–H and O–H groups in total. The van der Waals surface area contributed by atoms with Crippen LogP contribution in [0.4, 0.5) is 5.69 Å². The average Bonchev–Trinajstić information content (AvgIpc) is 3.43.